The van der Waals surface area contributed by atoms with E-state index in [2.05, 4.69) is 20.3 Å². The Kier molecular flexibility index (Phi) is 5.71. The van der Waals surface area contributed by atoms with E-state index in [1.807, 2.05) is 4.90 Å². The van der Waals surface area contributed by atoms with Crippen molar-refractivity contribution in [3.8, 4) is 0 Å². The third kappa shape index (κ3) is 4.16. The van der Waals surface area contributed by atoms with E-state index in [-0.39, 0.29) is 30.1 Å². The van der Waals surface area contributed by atoms with Gasteiger partial charge in [-0.1, -0.05) is 6.42 Å². The number of esters is 1. The molecule has 2 aromatic heterocycles. The molecule has 5 rings (SSSR count). The standard InChI is InChI=1S/C23H28N6O3/c30-21-12-17(23(32-21)6-2-1-3-7-23)22(31)29-10-4-16(5-11-29)18-13-25-15-20(27-18)28-19-14-24-8-9-26-19/h8-9,13-17H,1-7,10-12H2,(H,26,27,28)/t17-/m1/s1. The number of ether oxygens (including phenoxy) is 1. The molecule has 9 heteroatoms. The first-order valence-corrected chi connectivity index (χ1v) is 11.5. The molecule has 1 N–H and O–H groups in total. The number of nitrogens with zero attached hydrogens (tertiary/aromatic N) is 5. The highest BCUT2D eigenvalue weighted by atomic mass is 16.6. The van der Waals surface area contributed by atoms with Crippen LogP contribution in [0.5, 0.6) is 0 Å². The topological polar surface area (TPSA) is 110 Å². The molecule has 0 bridgehead atoms. The molecule has 3 fully saturated rings. The molecular formula is C23H28N6O3. The number of hydrogen-bond acceptors (Lipinski definition) is 8. The normalized spacial score (nSPS) is 23.2. The summed E-state index contributed by atoms with van der Waals surface area (Å²) in [7, 11) is 0. The molecule has 2 saturated heterocycles. The van der Waals surface area contributed by atoms with E-state index in [9.17, 15) is 9.59 Å². The molecule has 3 aliphatic rings. The van der Waals surface area contributed by atoms with E-state index in [1.165, 1.54) is 0 Å². The summed E-state index contributed by atoms with van der Waals surface area (Å²) < 4.78 is 5.75. The predicted octanol–water partition coefficient (Wildman–Crippen LogP) is 2.98. The fourth-order valence-electron chi connectivity index (χ4n) is 5.35. The van der Waals surface area contributed by atoms with Crippen LogP contribution < -0.4 is 5.32 Å². The maximum atomic E-state index is 13.4. The number of carbonyl (C=O) groups excluding carboxylic acids is 2. The van der Waals surface area contributed by atoms with Crippen molar-refractivity contribution in [2.45, 2.75) is 62.9 Å². The fraction of sp³-hybridized carbons (Fsp3) is 0.565. The van der Waals surface area contributed by atoms with E-state index in [0.29, 0.717) is 24.7 Å². The summed E-state index contributed by atoms with van der Waals surface area (Å²) in [6.07, 6.45) is 15.0. The summed E-state index contributed by atoms with van der Waals surface area (Å²) in [5, 5.41) is 3.13. The van der Waals surface area contributed by atoms with Crippen molar-refractivity contribution in [2.24, 2.45) is 5.92 Å². The Labute approximate surface area is 187 Å². The van der Waals surface area contributed by atoms with Gasteiger partial charge < -0.3 is 15.0 Å². The summed E-state index contributed by atoms with van der Waals surface area (Å²) in [6.45, 7) is 1.32. The highest BCUT2D eigenvalue weighted by molar-refractivity contribution is 5.88. The Balaban J connectivity index is 1.22. The van der Waals surface area contributed by atoms with Crippen molar-refractivity contribution in [3.05, 3.63) is 36.7 Å². The monoisotopic (exact) mass is 436 g/mol. The van der Waals surface area contributed by atoms with Gasteiger partial charge in [0.2, 0.25) is 5.91 Å². The second-order valence-electron chi connectivity index (χ2n) is 9.00. The number of amides is 1. The quantitative estimate of drug-likeness (QED) is 0.729. The Hall–Kier alpha value is -3.10. The smallest absolute Gasteiger partial charge is 0.307 e. The maximum Gasteiger partial charge on any atom is 0.307 e. The zero-order valence-corrected chi connectivity index (χ0v) is 18.1. The van der Waals surface area contributed by atoms with Gasteiger partial charge in [-0.05, 0) is 38.5 Å². The van der Waals surface area contributed by atoms with Gasteiger partial charge >= 0.3 is 5.97 Å². The van der Waals surface area contributed by atoms with Crippen molar-refractivity contribution in [1.29, 1.82) is 0 Å². The van der Waals surface area contributed by atoms with Gasteiger partial charge in [-0.15, -0.1) is 0 Å². The lowest BCUT2D eigenvalue weighted by molar-refractivity contribution is -0.156. The number of aromatic nitrogens is 4. The van der Waals surface area contributed by atoms with Crippen LogP contribution >= 0.6 is 0 Å². The van der Waals surface area contributed by atoms with Gasteiger partial charge in [-0.2, -0.15) is 0 Å². The molecule has 0 radical (unpaired) electrons. The van der Waals surface area contributed by atoms with Crippen LogP contribution in [-0.4, -0.2) is 55.4 Å². The van der Waals surface area contributed by atoms with Crippen LogP contribution in [0.25, 0.3) is 0 Å². The Bertz CT molecular complexity index is 971. The molecule has 32 heavy (non-hydrogen) atoms. The summed E-state index contributed by atoms with van der Waals surface area (Å²) in [5.74, 6) is 1.02. The first-order chi connectivity index (χ1) is 15.6. The van der Waals surface area contributed by atoms with Crippen molar-refractivity contribution in [1.82, 2.24) is 24.8 Å². The molecule has 0 aromatic carbocycles. The first-order valence-electron chi connectivity index (χ1n) is 11.5. The van der Waals surface area contributed by atoms with Crippen molar-refractivity contribution in [2.75, 3.05) is 18.4 Å². The van der Waals surface area contributed by atoms with Crippen LogP contribution in [0.3, 0.4) is 0 Å². The summed E-state index contributed by atoms with van der Waals surface area (Å²) >= 11 is 0. The lowest BCUT2D eigenvalue weighted by atomic mass is 9.75. The third-order valence-corrected chi connectivity index (χ3v) is 7.02. The largest absolute Gasteiger partial charge is 0.458 e. The second-order valence-corrected chi connectivity index (χ2v) is 9.00. The summed E-state index contributed by atoms with van der Waals surface area (Å²) in [4.78, 5) is 44.7. The molecule has 1 aliphatic carbocycles. The zero-order chi connectivity index (χ0) is 22.0. The lowest BCUT2D eigenvalue weighted by Gasteiger charge is -2.39. The molecule has 1 amide bonds. The van der Waals surface area contributed by atoms with Crippen molar-refractivity contribution >= 4 is 23.5 Å². The lowest BCUT2D eigenvalue weighted by Crippen LogP contribution is -2.49. The van der Waals surface area contributed by atoms with E-state index < -0.39 is 5.60 Å². The molecule has 2 aliphatic heterocycles. The maximum absolute atomic E-state index is 13.4. The van der Waals surface area contributed by atoms with Gasteiger partial charge in [0.25, 0.3) is 0 Å². The summed E-state index contributed by atoms with van der Waals surface area (Å²) in [5.41, 5.74) is 0.351. The number of carbonyl (C=O) groups is 2. The van der Waals surface area contributed by atoms with Crippen LogP contribution in [0.1, 0.15) is 63.0 Å². The summed E-state index contributed by atoms with van der Waals surface area (Å²) in [6, 6.07) is 0. The van der Waals surface area contributed by atoms with Crippen molar-refractivity contribution in [3.63, 3.8) is 0 Å². The SMILES string of the molecule is O=C1C[C@H](C(=O)N2CCC(c3cncc(Nc4cnccn4)n3)CC2)C2(CCCCC2)O1. The van der Waals surface area contributed by atoms with Gasteiger partial charge in [0.1, 0.15) is 17.2 Å². The van der Waals surface area contributed by atoms with Crippen molar-refractivity contribution < 1.29 is 14.3 Å². The molecule has 1 spiro atoms. The Morgan fingerprint density at radius 3 is 2.56 bits per heavy atom. The molecule has 168 valence electrons. The fourth-order valence-corrected chi connectivity index (χ4v) is 5.35. The van der Waals surface area contributed by atoms with Gasteiger partial charge in [0, 0.05) is 37.6 Å². The van der Waals surface area contributed by atoms with E-state index in [4.69, 9.17) is 9.72 Å². The number of anilines is 2. The Morgan fingerprint density at radius 1 is 1.03 bits per heavy atom. The number of nitrogens with one attached hydrogen (secondary N) is 1. The van der Waals surface area contributed by atoms with Crippen LogP contribution in [0, 0.1) is 5.92 Å². The van der Waals surface area contributed by atoms with Crippen LogP contribution in [0.15, 0.2) is 31.0 Å². The molecule has 9 nitrogen and oxygen atoms in total. The van der Waals surface area contributed by atoms with Crippen LogP contribution in [0.2, 0.25) is 0 Å². The zero-order valence-electron chi connectivity index (χ0n) is 18.1. The minimum absolute atomic E-state index is 0.0837. The second kappa shape index (κ2) is 8.80. The van der Waals surface area contributed by atoms with E-state index in [1.54, 1.807) is 31.0 Å². The third-order valence-electron chi connectivity index (χ3n) is 7.02. The van der Waals surface area contributed by atoms with Gasteiger partial charge in [-0.3, -0.25) is 19.6 Å². The average molecular weight is 437 g/mol. The minimum atomic E-state index is -0.560. The first kappa shape index (κ1) is 20.8. The average Bonchev–Trinajstić information content (AvgIpc) is 3.15. The minimum Gasteiger partial charge on any atom is -0.458 e. The van der Waals surface area contributed by atoms with Crippen LogP contribution in [-0.2, 0) is 14.3 Å². The van der Waals surface area contributed by atoms with Gasteiger partial charge in [0.15, 0.2) is 0 Å². The molecule has 4 heterocycles. The van der Waals surface area contributed by atoms with Gasteiger partial charge in [-0.25, -0.2) is 9.97 Å². The predicted molar refractivity (Wildman–Crippen MR) is 116 cm³/mol. The molecule has 0 unspecified atom stereocenters. The van der Waals surface area contributed by atoms with E-state index in [0.717, 1.165) is 50.6 Å². The Morgan fingerprint density at radius 2 is 1.81 bits per heavy atom. The molecule has 2 aromatic rings. The molecular weight excluding hydrogens is 408 g/mol. The molecule has 1 atom stereocenters. The number of likely N-dealkylation sites (tertiary alicyclic amines) is 1. The highest BCUT2D eigenvalue weighted by Gasteiger charge is 2.53. The number of hydrogen-bond donors (Lipinski definition) is 1. The molecule has 1 saturated carbocycles. The van der Waals surface area contributed by atoms with Crippen LogP contribution in [0.4, 0.5) is 11.6 Å². The van der Waals surface area contributed by atoms with Gasteiger partial charge in [0.05, 0.1) is 30.4 Å². The number of rotatable bonds is 4. The highest BCUT2D eigenvalue weighted by Crippen LogP contribution is 2.45. The number of piperidine rings is 1. The van der Waals surface area contributed by atoms with E-state index >= 15 is 0 Å².